The van der Waals surface area contributed by atoms with Crippen molar-refractivity contribution in [3.63, 3.8) is 0 Å². The number of hydroxylamine groups is 2. The first-order valence-corrected chi connectivity index (χ1v) is 8.83. The van der Waals surface area contributed by atoms with Gasteiger partial charge in [-0.2, -0.15) is 0 Å². The van der Waals surface area contributed by atoms with Crippen molar-refractivity contribution in [2.75, 3.05) is 14.2 Å². The normalized spacial score (nSPS) is 12.8. The fourth-order valence-corrected chi connectivity index (χ4v) is 2.35. The second-order valence-electron chi connectivity index (χ2n) is 6.64. The smallest absolute Gasteiger partial charge is 0.408 e. The van der Waals surface area contributed by atoms with Gasteiger partial charge in [0.1, 0.15) is 18.7 Å². The van der Waals surface area contributed by atoms with Crippen LogP contribution in [0.5, 0.6) is 0 Å². The summed E-state index contributed by atoms with van der Waals surface area (Å²) in [6.07, 6.45) is -0.277. The Kier molecular flexibility index (Phi) is 9.29. The molecule has 27 heavy (non-hydrogen) atoms. The van der Waals surface area contributed by atoms with Gasteiger partial charge in [-0.1, -0.05) is 44.2 Å². The number of nitrogens with zero attached hydrogens (tertiary/aromatic N) is 1. The maximum Gasteiger partial charge on any atom is 0.408 e. The quantitative estimate of drug-likeness (QED) is 0.638. The van der Waals surface area contributed by atoms with Crippen LogP contribution in [0.4, 0.5) is 4.79 Å². The van der Waals surface area contributed by atoms with Crippen LogP contribution in [0, 0.1) is 5.92 Å². The Bertz CT molecular complexity index is 621. The van der Waals surface area contributed by atoms with Gasteiger partial charge < -0.3 is 15.4 Å². The van der Waals surface area contributed by atoms with Crippen molar-refractivity contribution in [2.24, 2.45) is 5.92 Å². The molecular formula is C19H29N3O5. The average molecular weight is 379 g/mol. The minimum atomic E-state index is -0.809. The molecule has 0 fully saturated rings. The van der Waals surface area contributed by atoms with Gasteiger partial charge >= 0.3 is 6.09 Å². The highest BCUT2D eigenvalue weighted by Crippen LogP contribution is 2.07. The zero-order valence-corrected chi connectivity index (χ0v) is 16.5. The molecule has 0 saturated carbocycles. The number of hydrogen-bond donors (Lipinski definition) is 2. The summed E-state index contributed by atoms with van der Waals surface area (Å²) in [6, 6.07) is 7.64. The van der Waals surface area contributed by atoms with Crippen LogP contribution in [0.25, 0.3) is 0 Å². The van der Waals surface area contributed by atoms with E-state index in [1.165, 1.54) is 14.2 Å². The van der Waals surface area contributed by atoms with Crippen LogP contribution >= 0.6 is 0 Å². The lowest BCUT2D eigenvalue weighted by atomic mass is 10.0. The first-order valence-electron chi connectivity index (χ1n) is 8.83. The molecule has 1 rings (SSSR count). The number of rotatable bonds is 9. The lowest BCUT2D eigenvalue weighted by molar-refractivity contribution is -0.171. The molecule has 1 aromatic carbocycles. The molecule has 0 radical (unpaired) electrons. The van der Waals surface area contributed by atoms with Crippen molar-refractivity contribution in [3.05, 3.63) is 35.9 Å². The van der Waals surface area contributed by atoms with E-state index in [0.717, 1.165) is 10.6 Å². The maximum absolute atomic E-state index is 12.5. The average Bonchev–Trinajstić information content (AvgIpc) is 2.64. The fraction of sp³-hybridized carbons (Fsp3) is 0.526. The van der Waals surface area contributed by atoms with E-state index in [0.29, 0.717) is 6.42 Å². The number of hydrogen-bond acceptors (Lipinski definition) is 5. The molecule has 2 N–H and O–H groups in total. The highest BCUT2D eigenvalue weighted by Gasteiger charge is 2.27. The first kappa shape index (κ1) is 22.4. The molecule has 3 amide bonds. The Hall–Kier alpha value is -2.61. The Balaban J connectivity index is 2.63. The van der Waals surface area contributed by atoms with Crippen LogP contribution in [0.15, 0.2) is 30.3 Å². The third-order valence-electron chi connectivity index (χ3n) is 3.84. The van der Waals surface area contributed by atoms with Gasteiger partial charge in [-0.25, -0.2) is 9.86 Å². The van der Waals surface area contributed by atoms with Gasteiger partial charge in [0.05, 0.1) is 7.11 Å². The van der Waals surface area contributed by atoms with E-state index < -0.39 is 30.0 Å². The molecule has 0 heterocycles. The summed E-state index contributed by atoms with van der Waals surface area (Å²) < 4.78 is 5.17. The minimum Gasteiger partial charge on any atom is -0.445 e. The van der Waals surface area contributed by atoms with Gasteiger partial charge in [0.2, 0.25) is 5.91 Å². The van der Waals surface area contributed by atoms with Gasteiger partial charge in [0.25, 0.3) is 5.91 Å². The molecule has 1 aromatic rings. The van der Waals surface area contributed by atoms with E-state index in [-0.39, 0.29) is 12.5 Å². The van der Waals surface area contributed by atoms with Gasteiger partial charge in [0.15, 0.2) is 0 Å². The summed E-state index contributed by atoms with van der Waals surface area (Å²) in [7, 11) is 2.81. The van der Waals surface area contributed by atoms with Crippen LogP contribution in [-0.4, -0.2) is 49.2 Å². The fourth-order valence-electron chi connectivity index (χ4n) is 2.35. The van der Waals surface area contributed by atoms with E-state index in [9.17, 15) is 14.4 Å². The van der Waals surface area contributed by atoms with Crippen molar-refractivity contribution >= 4 is 17.9 Å². The third kappa shape index (κ3) is 8.08. The summed E-state index contributed by atoms with van der Waals surface area (Å²) in [4.78, 5) is 41.4. The Labute approximate surface area is 160 Å². The minimum absolute atomic E-state index is 0.107. The predicted molar refractivity (Wildman–Crippen MR) is 100 cm³/mol. The molecule has 0 aromatic heterocycles. The molecule has 0 spiro atoms. The van der Waals surface area contributed by atoms with E-state index in [4.69, 9.17) is 9.57 Å². The van der Waals surface area contributed by atoms with Crippen LogP contribution < -0.4 is 10.6 Å². The molecule has 2 atom stereocenters. The number of carbonyl (C=O) groups excluding carboxylic acids is 3. The van der Waals surface area contributed by atoms with Crippen molar-refractivity contribution in [2.45, 2.75) is 45.9 Å². The van der Waals surface area contributed by atoms with E-state index in [1.54, 1.807) is 6.92 Å². The number of amides is 3. The lowest BCUT2D eigenvalue weighted by Gasteiger charge is -2.24. The molecule has 0 unspecified atom stereocenters. The number of carbonyl (C=O) groups is 3. The molecule has 0 aliphatic rings. The standard InChI is InChI=1S/C19H29N3O5/c1-13(2)11-16(17(23)20-14(3)18(24)22(4)26-5)21-19(25)27-12-15-9-7-6-8-10-15/h6-10,13-14,16H,11-12H2,1-5H3,(H,20,23)(H,21,25)/t14-,16-/m0/s1. The highest BCUT2D eigenvalue weighted by atomic mass is 16.7. The van der Waals surface area contributed by atoms with E-state index >= 15 is 0 Å². The second-order valence-corrected chi connectivity index (χ2v) is 6.64. The number of likely N-dealkylation sites (N-methyl/N-ethyl adjacent to an activating group) is 1. The maximum atomic E-state index is 12.5. The number of nitrogens with one attached hydrogen (secondary N) is 2. The summed E-state index contributed by atoms with van der Waals surface area (Å²) in [6.45, 7) is 5.53. The van der Waals surface area contributed by atoms with Crippen LogP contribution in [0.2, 0.25) is 0 Å². The topological polar surface area (TPSA) is 97.0 Å². The molecule has 0 saturated heterocycles. The largest absolute Gasteiger partial charge is 0.445 e. The number of alkyl carbamates (subject to hydrolysis) is 1. The molecule has 150 valence electrons. The third-order valence-corrected chi connectivity index (χ3v) is 3.84. The Morgan fingerprint density at radius 3 is 2.26 bits per heavy atom. The first-order chi connectivity index (χ1) is 12.7. The van der Waals surface area contributed by atoms with Crippen molar-refractivity contribution in [3.8, 4) is 0 Å². The van der Waals surface area contributed by atoms with E-state index in [2.05, 4.69) is 10.6 Å². The Morgan fingerprint density at radius 2 is 1.70 bits per heavy atom. The number of benzene rings is 1. The summed E-state index contributed by atoms with van der Waals surface area (Å²) in [5, 5.41) is 6.21. The van der Waals surface area contributed by atoms with Crippen molar-refractivity contribution < 1.29 is 24.0 Å². The zero-order chi connectivity index (χ0) is 20.4. The van der Waals surface area contributed by atoms with Crippen LogP contribution in [0.3, 0.4) is 0 Å². The van der Waals surface area contributed by atoms with Gasteiger partial charge in [-0.15, -0.1) is 0 Å². The number of ether oxygens (including phenoxy) is 1. The van der Waals surface area contributed by atoms with Crippen LogP contribution in [-0.2, 0) is 25.8 Å². The molecular weight excluding hydrogens is 350 g/mol. The summed E-state index contributed by atoms with van der Waals surface area (Å²) in [5.41, 5.74) is 0.847. The van der Waals surface area contributed by atoms with Crippen LogP contribution in [0.1, 0.15) is 32.8 Å². The summed E-state index contributed by atoms with van der Waals surface area (Å²) in [5.74, 6) is -0.700. The van der Waals surface area contributed by atoms with Gasteiger partial charge in [-0.05, 0) is 24.8 Å². The summed E-state index contributed by atoms with van der Waals surface area (Å²) >= 11 is 0. The lowest BCUT2D eigenvalue weighted by Crippen LogP contribution is -2.53. The van der Waals surface area contributed by atoms with Gasteiger partial charge in [0, 0.05) is 7.05 Å². The molecule has 0 aliphatic heterocycles. The zero-order valence-electron chi connectivity index (χ0n) is 16.5. The monoisotopic (exact) mass is 379 g/mol. The molecule has 0 aliphatic carbocycles. The van der Waals surface area contributed by atoms with Crippen molar-refractivity contribution in [1.82, 2.24) is 15.7 Å². The SMILES string of the molecule is CON(C)C(=O)[C@H](C)NC(=O)[C@H](CC(C)C)NC(=O)OCc1ccccc1. The Morgan fingerprint density at radius 1 is 1.07 bits per heavy atom. The van der Waals surface area contributed by atoms with Gasteiger partial charge in [-0.3, -0.25) is 14.4 Å². The van der Waals surface area contributed by atoms with E-state index in [1.807, 2.05) is 44.2 Å². The molecule has 8 nitrogen and oxygen atoms in total. The molecule has 8 heteroatoms. The highest BCUT2D eigenvalue weighted by molar-refractivity contribution is 5.90. The predicted octanol–water partition coefficient (Wildman–Crippen LogP) is 1.85. The second kappa shape index (κ2) is 11.2. The molecule has 0 bridgehead atoms. The van der Waals surface area contributed by atoms with Crippen molar-refractivity contribution in [1.29, 1.82) is 0 Å².